The summed E-state index contributed by atoms with van der Waals surface area (Å²) in [6.07, 6.45) is 5.10. The van der Waals surface area contributed by atoms with Crippen molar-refractivity contribution < 1.29 is 4.79 Å². The summed E-state index contributed by atoms with van der Waals surface area (Å²) in [6, 6.07) is 2.09. The quantitative estimate of drug-likeness (QED) is 0.607. The van der Waals surface area contributed by atoms with Gasteiger partial charge < -0.3 is 4.90 Å². The predicted molar refractivity (Wildman–Crippen MR) is 47.7 cm³/mol. The molecular weight excluding hydrogens is 164 g/mol. The molecule has 1 atom stereocenters. The van der Waals surface area contributed by atoms with E-state index >= 15 is 0 Å². The number of likely N-dealkylation sites (tertiary alicyclic amines) is 1. The lowest BCUT2D eigenvalue weighted by atomic mass is 10.0. The minimum absolute atomic E-state index is 0.137. The van der Waals surface area contributed by atoms with Gasteiger partial charge in [-0.3, -0.25) is 4.79 Å². The van der Waals surface area contributed by atoms with Crippen molar-refractivity contribution >= 4 is 5.91 Å². The standard InChI is InChI=1S/C10H14N2O/c11-7-9-3-1-2-6-12(9)10(13)8-4-5-8/h8-9H,1-6H2. The van der Waals surface area contributed by atoms with Crippen molar-refractivity contribution in [2.45, 2.75) is 38.1 Å². The van der Waals surface area contributed by atoms with Crippen LogP contribution in [0, 0.1) is 17.2 Å². The van der Waals surface area contributed by atoms with Gasteiger partial charge in [-0.25, -0.2) is 0 Å². The topological polar surface area (TPSA) is 44.1 Å². The number of hydrogen-bond acceptors (Lipinski definition) is 2. The Balaban J connectivity index is 2.01. The smallest absolute Gasteiger partial charge is 0.226 e. The molecule has 2 fully saturated rings. The van der Waals surface area contributed by atoms with Crippen LogP contribution in [0.3, 0.4) is 0 Å². The molecule has 13 heavy (non-hydrogen) atoms. The lowest BCUT2D eigenvalue weighted by Crippen LogP contribution is -2.43. The van der Waals surface area contributed by atoms with Gasteiger partial charge in [-0.2, -0.15) is 5.26 Å². The van der Waals surface area contributed by atoms with E-state index in [0.29, 0.717) is 0 Å². The molecule has 0 N–H and O–H groups in total. The van der Waals surface area contributed by atoms with Crippen molar-refractivity contribution in [2.24, 2.45) is 5.92 Å². The van der Waals surface area contributed by atoms with Crippen molar-refractivity contribution in [3.8, 4) is 6.07 Å². The molecule has 0 aromatic rings. The zero-order valence-corrected chi connectivity index (χ0v) is 7.70. The van der Waals surface area contributed by atoms with Crippen molar-refractivity contribution in [2.75, 3.05) is 6.54 Å². The van der Waals surface area contributed by atoms with E-state index in [0.717, 1.165) is 38.6 Å². The van der Waals surface area contributed by atoms with Crippen LogP contribution in [0.2, 0.25) is 0 Å². The van der Waals surface area contributed by atoms with Crippen LogP contribution in [0.15, 0.2) is 0 Å². The Morgan fingerprint density at radius 1 is 1.31 bits per heavy atom. The van der Waals surface area contributed by atoms with E-state index in [1.165, 1.54) is 0 Å². The van der Waals surface area contributed by atoms with Gasteiger partial charge in [-0.05, 0) is 32.1 Å². The predicted octanol–water partition coefficient (Wildman–Crippen LogP) is 1.30. The molecule has 2 aliphatic rings. The minimum Gasteiger partial charge on any atom is -0.326 e. The Morgan fingerprint density at radius 3 is 2.69 bits per heavy atom. The number of nitriles is 1. The highest BCUT2D eigenvalue weighted by atomic mass is 16.2. The van der Waals surface area contributed by atoms with Gasteiger partial charge in [0.2, 0.25) is 5.91 Å². The first-order chi connectivity index (χ1) is 6.33. The van der Waals surface area contributed by atoms with Crippen LogP contribution in [-0.2, 0) is 4.79 Å². The summed E-state index contributed by atoms with van der Waals surface area (Å²) in [5.41, 5.74) is 0. The lowest BCUT2D eigenvalue weighted by Gasteiger charge is -2.31. The van der Waals surface area contributed by atoms with Crippen molar-refractivity contribution in [3.05, 3.63) is 0 Å². The molecule has 3 nitrogen and oxygen atoms in total. The monoisotopic (exact) mass is 178 g/mol. The van der Waals surface area contributed by atoms with Crippen LogP contribution >= 0.6 is 0 Å². The molecule has 1 saturated carbocycles. The molecule has 1 amide bonds. The number of carbonyl (C=O) groups is 1. The fourth-order valence-electron chi connectivity index (χ4n) is 1.89. The molecule has 2 rings (SSSR count). The summed E-state index contributed by atoms with van der Waals surface area (Å²) in [7, 11) is 0. The third-order valence-corrected chi connectivity index (χ3v) is 2.86. The molecule has 0 aromatic carbocycles. The molecule has 0 aromatic heterocycles. The van der Waals surface area contributed by atoms with Crippen LogP contribution < -0.4 is 0 Å². The summed E-state index contributed by atoms with van der Waals surface area (Å²) < 4.78 is 0. The maximum atomic E-state index is 11.7. The van der Waals surface area contributed by atoms with Crippen molar-refractivity contribution in [1.82, 2.24) is 4.90 Å². The third-order valence-electron chi connectivity index (χ3n) is 2.86. The second-order valence-electron chi connectivity index (χ2n) is 3.95. The van der Waals surface area contributed by atoms with E-state index in [2.05, 4.69) is 6.07 Å². The van der Waals surface area contributed by atoms with E-state index in [9.17, 15) is 4.79 Å². The van der Waals surface area contributed by atoms with Gasteiger partial charge in [0.1, 0.15) is 6.04 Å². The Kier molecular flexibility index (Phi) is 2.22. The number of piperidine rings is 1. The third kappa shape index (κ3) is 1.67. The van der Waals surface area contributed by atoms with E-state index in [1.807, 2.05) is 0 Å². The molecule has 3 heteroatoms. The first kappa shape index (κ1) is 8.55. The summed E-state index contributed by atoms with van der Waals surface area (Å²) >= 11 is 0. The average Bonchev–Trinajstić information content (AvgIpc) is 3.00. The van der Waals surface area contributed by atoms with Gasteiger partial charge in [-0.15, -0.1) is 0 Å². The highest BCUT2D eigenvalue weighted by Crippen LogP contribution is 2.33. The normalized spacial score (nSPS) is 28.2. The Hall–Kier alpha value is -1.04. The van der Waals surface area contributed by atoms with Gasteiger partial charge in [0.15, 0.2) is 0 Å². The van der Waals surface area contributed by atoms with E-state index < -0.39 is 0 Å². The SMILES string of the molecule is N#CC1CCCCN1C(=O)C1CC1. The summed E-state index contributed by atoms with van der Waals surface area (Å²) in [5, 5.41) is 8.87. The highest BCUT2D eigenvalue weighted by molar-refractivity contribution is 5.81. The Labute approximate surface area is 78.3 Å². The molecule has 1 aliphatic carbocycles. The van der Waals surface area contributed by atoms with E-state index in [1.54, 1.807) is 4.90 Å². The fourth-order valence-corrected chi connectivity index (χ4v) is 1.89. The van der Waals surface area contributed by atoms with Gasteiger partial charge in [0.05, 0.1) is 6.07 Å². The Bertz CT molecular complexity index is 252. The van der Waals surface area contributed by atoms with Crippen LogP contribution in [0.5, 0.6) is 0 Å². The fraction of sp³-hybridized carbons (Fsp3) is 0.800. The molecule has 0 spiro atoms. The first-order valence-electron chi connectivity index (χ1n) is 5.03. The summed E-state index contributed by atoms with van der Waals surface area (Å²) in [6.45, 7) is 0.799. The largest absolute Gasteiger partial charge is 0.326 e. The average molecular weight is 178 g/mol. The number of hydrogen-bond donors (Lipinski definition) is 0. The number of rotatable bonds is 1. The van der Waals surface area contributed by atoms with Gasteiger partial charge in [0.25, 0.3) is 0 Å². The molecule has 1 saturated heterocycles. The molecular formula is C10H14N2O. The van der Waals surface area contributed by atoms with Crippen LogP contribution in [0.4, 0.5) is 0 Å². The first-order valence-corrected chi connectivity index (χ1v) is 5.03. The van der Waals surface area contributed by atoms with Crippen LogP contribution in [0.1, 0.15) is 32.1 Å². The van der Waals surface area contributed by atoms with Gasteiger partial charge >= 0.3 is 0 Å². The summed E-state index contributed by atoms with van der Waals surface area (Å²) in [5.74, 6) is 0.486. The minimum atomic E-state index is -0.137. The maximum absolute atomic E-state index is 11.7. The number of amides is 1. The summed E-state index contributed by atoms with van der Waals surface area (Å²) in [4.78, 5) is 13.5. The van der Waals surface area contributed by atoms with Crippen LogP contribution in [0.25, 0.3) is 0 Å². The Morgan fingerprint density at radius 2 is 2.08 bits per heavy atom. The maximum Gasteiger partial charge on any atom is 0.226 e. The van der Waals surface area contributed by atoms with Gasteiger partial charge in [0, 0.05) is 12.5 Å². The van der Waals surface area contributed by atoms with E-state index in [-0.39, 0.29) is 17.9 Å². The van der Waals surface area contributed by atoms with E-state index in [4.69, 9.17) is 5.26 Å². The molecule has 1 aliphatic heterocycles. The highest BCUT2D eigenvalue weighted by Gasteiger charge is 2.37. The van der Waals surface area contributed by atoms with Crippen molar-refractivity contribution in [3.63, 3.8) is 0 Å². The lowest BCUT2D eigenvalue weighted by molar-refractivity contribution is -0.134. The zero-order valence-electron chi connectivity index (χ0n) is 7.70. The second kappa shape index (κ2) is 3.37. The number of nitrogens with zero attached hydrogens (tertiary/aromatic N) is 2. The number of carbonyl (C=O) groups excluding carboxylic acids is 1. The molecule has 1 unspecified atom stereocenters. The molecule has 0 radical (unpaired) electrons. The van der Waals surface area contributed by atoms with Gasteiger partial charge in [-0.1, -0.05) is 0 Å². The molecule has 1 heterocycles. The van der Waals surface area contributed by atoms with Crippen molar-refractivity contribution in [1.29, 1.82) is 5.26 Å². The van der Waals surface area contributed by atoms with Crippen LogP contribution in [-0.4, -0.2) is 23.4 Å². The second-order valence-corrected chi connectivity index (χ2v) is 3.95. The zero-order chi connectivity index (χ0) is 9.26. The molecule has 70 valence electrons. The molecule has 0 bridgehead atoms.